The van der Waals surface area contributed by atoms with Crippen molar-refractivity contribution in [2.75, 3.05) is 12.4 Å². The number of rotatable bonds is 3. The standard InChI is InChI=1S/C16H15N3/c1-17-16-18-11-15(19-16)14-9-7-13(8-10-14)12-5-3-2-4-6-12/h2-11H,1H3,(H2,17,18,19). The van der Waals surface area contributed by atoms with Crippen molar-refractivity contribution in [2.24, 2.45) is 0 Å². The van der Waals surface area contributed by atoms with Gasteiger partial charge in [-0.2, -0.15) is 0 Å². The maximum absolute atomic E-state index is 4.43. The van der Waals surface area contributed by atoms with Gasteiger partial charge in [0.05, 0.1) is 5.69 Å². The lowest BCUT2D eigenvalue weighted by molar-refractivity contribution is 1.26. The van der Waals surface area contributed by atoms with E-state index in [1.54, 1.807) is 0 Å². The number of hydrogen-bond acceptors (Lipinski definition) is 2. The maximum Gasteiger partial charge on any atom is 0.200 e. The molecule has 0 bridgehead atoms. The van der Waals surface area contributed by atoms with Gasteiger partial charge in [0.1, 0.15) is 0 Å². The van der Waals surface area contributed by atoms with E-state index in [0.29, 0.717) is 0 Å². The van der Waals surface area contributed by atoms with E-state index in [4.69, 9.17) is 0 Å². The van der Waals surface area contributed by atoms with Crippen LogP contribution in [0.5, 0.6) is 0 Å². The number of aromatic amines is 1. The van der Waals surface area contributed by atoms with Crippen LogP contribution in [-0.2, 0) is 0 Å². The van der Waals surface area contributed by atoms with Crippen molar-refractivity contribution in [2.45, 2.75) is 0 Å². The Hall–Kier alpha value is -2.55. The first-order valence-corrected chi connectivity index (χ1v) is 6.26. The van der Waals surface area contributed by atoms with E-state index < -0.39 is 0 Å². The molecular weight excluding hydrogens is 234 g/mol. The van der Waals surface area contributed by atoms with Crippen molar-refractivity contribution in [3.05, 3.63) is 60.8 Å². The Morgan fingerprint density at radius 3 is 2.11 bits per heavy atom. The molecule has 0 saturated heterocycles. The summed E-state index contributed by atoms with van der Waals surface area (Å²) in [5.41, 5.74) is 4.50. The molecular formula is C16H15N3. The summed E-state index contributed by atoms with van der Waals surface area (Å²) in [7, 11) is 1.85. The van der Waals surface area contributed by atoms with E-state index in [9.17, 15) is 0 Å². The molecule has 94 valence electrons. The van der Waals surface area contributed by atoms with E-state index in [1.807, 2.05) is 19.3 Å². The zero-order chi connectivity index (χ0) is 13.1. The smallest absolute Gasteiger partial charge is 0.200 e. The van der Waals surface area contributed by atoms with Crippen LogP contribution in [-0.4, -0.2) is 17.0 Å². The number of hydrogen-bond donors (Lipinski definition) is 2. The van der Waals surface area contributed by atoms with Gasteiger partial charge in [0.25, 0.3) is 0 Å². The molecule has 0 spiro atoms. The van der Waals surface area contributed by atoms with E-state index in [1.165, 1.54) is 11.1 Å². The van der Waals surface area contributed by atoms with Gasteiger partial charge in [-0.1, -0.05) is 54.6 Å². The second-order valence-corrected chi connectivity index (χ2v) is 4.33. The Morgan fingerprint density at radius 2 is 1.47 bits per heavy atom. The minimum Gasteiger partial charge on any atom is -0.359 e. The first-order valence-electron chi connectivity index (χ1n) is 6.26. The maximum atomic E-state index is 4.43. The van der Waals surface area contributed by atoms with Crippen LogP contribution < -0.4 is 5.32 Å². The van der Waals surface area contributed by atoms with Gasteiger partial charge >= 0.3 is 0 Å². The topological polar surface area (TPSA) is 40.7 Å². The summed E-state index contributed by atoms with van der Waals surface area (Å²) in [5.74, 6) is 0.780. The van der Waals surface area contributed by atoms with Crippen molar-refractivity contribution >= 4 is 5.95 Å². The molecule has 0 radical (unpaired) electrons. The highest BCUT2D eigenvalue weighted by atomic mass is 15.1. The highest BCUT2D eigenvalue weighted by Crippen LogP contribution is 2.24. The largest absolute Gasteiger partial charge is 0.359 e. The fraction of sp³-hybridized carbons (Fsp3) is 0.0625. The number of anilines is 1. The van der Waals surface area contributed by atoms with Gasteiger partial charge in [-0.3, -0.25) is 0 Å². The number of benzene rings is 2. The summed E-state index contributed by atoms with van der Waals surface area (Å²) in [5, 5.41) is 2.99. The van der Waals surface area contributed by atoms with Crippen molar-refractivity contribution in [3.8, 4) is 22.4 Å². The molecule has 0 fully saturated rings. The number of imidazole rings is 1. The molecule has 3 rings (SSSR count). The van der Waals surface area contributed by atoms with Gasteiger partial charge in [0, 0.05) is 18.8 Å². The third kappa shape index (κ3) is 2.36. The summed E-state index contributed by atoms with van der Waals surface area (Å²) >= 11 is 0. The van der Waals surface area contributed by atoms with Gasteiger partial charge < -0.3 is 10.3 Å². The molecule has 0 aliphatic carbocycles. The van der Waals surface area contributed by atoms with Gasteiger partial charge in [-0.25, -0.2) is 4.98 Å². The molecule has 0 amide bonds. The molecule has 19 heavy (non-hydrogen) atoms. The minimum absolute atomic E-state index is 0.780. The Balaban J connectivity index is 1.90. The highest BCUT2D eigenvalue weighted by molar-refractivity contribution is 5.69. The lowest BCUT2D eigenvalue weighted by Gasteiger charge is -2.02. The molecule has 3 nitrogen and oxygen atoms in total. The molecule has 0 atom stereocenters. The molecule has 0 aliphatic heterocycles. The van der Waals surface area contributed by atoms with Crippen molar-refractivity contribution in [3.63, 3.8) is 0 Å². The molecule has 2 N–H and O–H groups in total. The fourth-order valence-electron chi connectivity index (χ4n) is 2.06. The average Bonchev–Trinajstić information content (AvgIpc) is 2.97. The van der Waals surface area contributed by atoms with Crippen molar-refractivity contribution in [1.82, 2.24) is 9.97 Å². The molecule has 0 aliphatic rings. The monoisotopic (exact) mass is 249 g/mol. The summed E-state index contributed by atoms with van der Waals surface area (Å²) in [4.78, 5) is 7.51. The number of H-pyrrole nitrogens is 1. The van der Waals surface area contributed by atoms with Crippen molar-refractivity contribution in [1.29, 1.82) is 0 Å². The SMILES string of the molecule is CNc1nc(-c2ccc(-c3ccccc3)cc2)c[nH]1. The molecule has 2 aromatic carbocycles. The zero-order valence-corrected chi connectivity index (χ0v) is 10.7. The summed E-state index contributed by atoms with van der Waals surface area (Å²) in [6.07, 6.45) is 1.91. The number of nitrogens with one attached hydrogen (secondary N) is 2. The molecule has 3 heteroatoms. The minimum atomic E-state index is 0.780. The van der Waals surface area contributed by atoms with E-state index in [0.717, 1.165) is 17.2 Å². The molecule has 3 aromatic rings. The van der Waals surface area contributed by atoms with Crippen LogP contribution in [0.15, 0.2) is 60.8 Å². The Morgan fingerprint density at radius 1 is 0.842 bits per heavy atom. The van der Waals surface area contributed by atoms with Gasteiger partial charge in [0.2, 0.25) is 0 Å². The number of nitrogens with zero attached hydrogens (tertiary/aromatic N) is 1. The fourth-order valence-corrected chi connectivity index (χ4v) is 2.06. The van der Waals surface area contributed by atoms with E-state index in [2.05, 4.69) is 63.8 Å². The van der Waals surface area contributed by atoms with Crippen molar-refractivity contribution < 1.29 is 0 Å². The third-order valence-corrected chi connectivity index (χ3v) is 3.10. The molecule has 1 heterocycles. The second kappa shape index (κ2) is 4.98. The molecule has 0 saturated carbocycles. The Kier molecular flexibility index (Phi) is 3.02. The predicted molar refractivity (Wildman–Crippen MR) is 79.0 cm³/mol. The van der Waals surface area contributed by atoms with Crippen LogP contribution in [0.4, 0.5) is 5.95 Å². The van der Waals surface area contributed by atoms with E-state index >= 15 is 0 Å². The average molecular weight is 249 g/mol. The van der Waals surface area contributed by atoms with E-state index in [-0.39, 0.29) is 0 Å². The summed E-state index contributed by atoms with van der Waals surface area (Å²) in [6.45, 7) is 0. The summed E-state index contributed by atoms with van der Waals surface area (Å²) in [6, 6.07) is 18.8. The van der Waals surface area contributed by atoms with Crippen LogP contribution in [0.1, 0.15) is 0 Å². The zero-order valence-electron chi connectivity index (χ0n) is 10.7. The van der Waals surface area contributed by atoms with Crippen LogP contribution in [0, 0.1) is 0 Å². The van der Waals surface area contributed by atoms with Gasteiger partial charge in [0.15, 0.2) is 5.95 Å². The van der Waals surface area contributed by atoms with Gasteiger partial charge in [-0.05, 0) is 11.1 Å². The summed E-state index contributed by atoms with van der Waals surface area (Å²) < 4.78 is 0. The second-order valence-electron chi connectivity index (χ2n) is 4.33. The predicted octanol–water partition coefficient (Wildman–Crippen LogP) is 3.79. The molecule has 1 aromatic heterocycles. The highest BCUT2D eigenvalue weighted by Gasteiger charge is 2.03. The van der Waals surface area contributed by atoms with Crippen LogP contribution in [0.2, 0.25) is 0 Å². The third-order valence-electron chi connectivity index (χ3n) is 3.10. The Bertz CT molecular complexity index is 654. The lowest BCUT2D eigenvalue weighted by Crippen LogP contribution is -1.89. The first kappa shape index (κ1) is 11.5. The normalized spacial score (nSPS) is 10.4. The lowest BCUT2D eigenvalue weighted by atomic mass is 10.0. The molecule has 0 unspecified atom stereocenters. The van der Waals surface area contributed by atoms with Gasteiger partial charge in [-0.15, -0.1) is 0 Å². The van der Waals surface area contributed by atoms with Crippen LogP contribution >= 0.6 is 0 Å². The first-order chi connectivity index (χ1) is 9.36. The van der Waals surface area contributed by atoms with Crippen LogP contribution in [0.25, 0.3) is 22.4 Å². The Labute approximate surface area is 112 Å². The quantitative estimate of drug-likeness (QED) is 0.741. The van der Waals surface area contributed by atoms with Crippen LogP contribution in [0.3, 0.4) is 0 Å². The number of aromatic nitrogens is 2.